The fourth-order valence-electron chi connectivity index (χ4n) is 4.55. The van der Waals surface area contributed by atoms with E-state index in [1.807, 2.05) is 43.3 Å². The summed E-state index contributed by atoms with van der Waals surface area (Å²) >= 11 is 1.67. The van der Waals surface area contributed by atoms with Crippen LogP contribution in [0.25, 0.3) is 20.8 Å². The maximum Gasteiger partial charge on any atom is 0.263 e. The molecule has 180 valence electrons. The Balaban J connectivity index is 1.24. The number of carbonyl (C=O) groups is 1. The molecule has 0 aliphatic heterocycles. The molecule has 1 aromatic heterocycles. The Morgan fingerprint density at radius 1 is 1.06 bits per heavy atom. The van der Waals surface area contributed by atoms with E-state index in [0.717, 1.165) is 40.2 Å². The summed E-state index contributed by atoms with van der Waals surface area (Å²) in [4.78, 5) is 17.5. The van der Waals surface area contributed by atoms with E-state index >= 15 is 0 Å². The molecule has 0 saturated heterocycles. The molecule has 1 unspecified atom stereocenters. The molecule has 5 rings (SSSR count). The van der Waals surface area contributed by atoms with Gasteiger partial charge in [-0.3, -0.25) is 4.79 Å². The maximum absolute atomic E-state index is 12.8. The van der Waals surface area contributed by atoms with Gasteiger partial charge in [-0.2, -0.15) is 5.26 Å². The van der Waals surface area contributed by atoms with Crippen LogP contribution in [0.15, 0.2) is 72.4 Å². The van der Waals surface area contributed by atoms with Gasteiger partial charge in [0.15, 0.2) is 0 Å². The zero-order valence-corrected chi connectivity index (χ0v) is 21.3. The summed E-state index contributed by atoms with van der Waals surface area (Å²) in [6, 6.07) is 22.4. The highest BCUT2D eigenvalue weighted by molar-refractivity contribution is 7.21. The van der Waals surface area contributed by atoms with E-state index in [0.29, 0.717) is 0 Å². The average molecular weight is 493 g/mol. The van der Waals surface area contributed by atoms with Gasteiger partial charge in [-0.15, -0.1) is 11.3 Å². The zero-order valence-electron chi connectivity index (χ0n) is 20.5. The Bertz CT molecular complexity index is 1490. The fourth-order valence-corrected chi connectivity index (χ4v) is 5.62. The Kier molecular flexibility index (Phi) is 6.84. The number of nitriles is 1. The van der Waals surface area contributed by atoms with Gasteiger partial charge in [0.2, 0.25) is 0 Å². The average Bonchev–Trinajstić information content (AvgIpc) is 3.32. The van der Waals surface area contributed by atoms with Gasteiger partial charge in [0, 0.05) is 17.5 Å². The summed E-state index contributed by atoms with van der Waals surface area (Å²) in [7, 11) is 0. The Labute approximate surface area is 215 Å². The van der Waals surface area contributed by atoms with Crippen LogP contribution >= 0.6 is 11.3 Å². The van der Waals surface area contributed by atoms with E-state index < -0.39 is 5.91 Å². The number of benzene rings is 3. The van der Waals surface area contributed by atoms with E-state index in [-0.39, 0.29) is 11.6 Å². The SMILES string of the molecule is Cc1ccc2nc(-c3ccc(N/C=C(/C#N)C(=O)NC(C)c4ccc5c(c4)CCCC5)cc3)sc2c1. The van der Waals surface area contributed by atoms with Gasteiger partial charge in [-0.25, -0.2) is 4.98 Å². The summed E-state index contributed by atoms with van der Waals surface area (Å²) in [5.41, 5.74) is 7.93. The van der Waals surface area contributed by atoms with Gasteiger partial charge in [-0.1, -0.05) is 24.3 Å². The first-order chi connectivity index (χ1) is 17.5. The van der Waals surface area contributed by atoms with E-state index in [1.165, 1.54) is 40.4 Å². The number of hydrogen-bond acceptors (Lipinski definition) is 5. The van der Waals surface area contributed by atoms with E-state index in [2.05, 4.69) is 47.9 Å². The molecular weight excluding hydrogens is 464 g/mol. The lowest BCUT2D eigenvalue weighted by atomic mass is 9.89. The normalized spacial score (nSPS) is 14.1. The number of thiazole rings is 1. The van der Waals surface area contributed by atoms with Gasteiger partial charge in [0.05, 0.1) is 16.3 Å². The van der Waals surface area contributed by atoms with Gasteiger partial charge in [0.1, 0.15) is 16.6 Å². The minimum Gasteiger partial charge on any atom is -0.360 e. The van der Waals surface area contributed by atoms with Crippen molar-refractivity contribution in [2.24, 2.45) is 0 Å². The van der Waals surface area contributed by atoms with Crippen LogP contribution < -0.4 is 10.6 Å². The molecule has 2 N–H and O–H groups in total. The third kappa shape index (κ3) is 5.17. The van der Waals surface area contributed by atoms with E-state index in [9.17, 15) is 10.1 Å². The Morgan fingerprint density at radius 2 is 1.83 bits per heavy atom. The molecule has 1 aliphatic rings. The zero-order chi connectivity index (χ0) is 25.1. The van der Waals surface area contributed by atoms with Gasteiger partial charge >= 0.3 is 0 Å². The second-order valence-electron chi connectivity index (χ2n) is 9.31. The van der Waals surface area contributed by atoms with Gasteiger partial charge in [0.25, 0.3) is 5.91 Å². The molecule has 0 saturated carbocycles. The van der Waals surface area contributed by atoms with Crippen molar-refractivity contribution < 1.29 is 4.79 Å². The van der Waals surface area contributed by atoms with Crippen molar-refractivity contribution >= 4 is 33.1 Å². The highest BCUT2D eigenvalue weighted by Crippen LogP contribution is 2.31. The number of carbonyl (C=O) groups excluding carboxylic acids is 1. The first kappa shape index (κ1) is 23.8. The lowest BCUT2D eigenvalue weighted by Crippen LogP contribution is -2.28. The van der Waals surface area contributed by atoms with Crippen molar-refractivity contribution in [1.29, 1.82) is 5.26 Å². The lowest BCUT2D eigenvalue weighted by Gasteiger charge is -2.20. The van der Waals surface area contributed by atoms with Crippen molar-refractivity contribution in [2.45, 2.75) is 45.6 Å². The third-order valence-corrected chi connectivity index (χ3v) is 7.71. The number of nitrogens with zero attached hydrogens (tertiary/aromatic N) is 2. The molecule has 1 heterocycles. The smallest absolute Gasteiger partial charge is 0.263 e. The molecule has 1 atom stereocenters. The lowest BCUT2D eigenvalue weighted by molar-refractivity contribution is -0.117. The van der Waals surface area contributed by atoms with E-state index in [4.69, 9.17) is 4.98 Å². The molecule has 4 aromatic rings. The van der Waals surface area contributed by atoms with Crippen LogP contribution in [-0.4, -0.2) is 10.9 Å². The minimum absolute atomic E-state index is 0.0328. The monoisotopic (exact) mass is 492 g/mol. The number of hydrogen-bond donors (Lipinski definition) is 2. The summed E-state index contributed by atoms with van der Waals surface area (Å²) in [6.07, 6.45) is 6.14. The van der Waals surface area contributed by atoms with Crippen molar-refractivity contribution in [3.63, 3.8) is 0 Å². The topological polar surface area (TPSA) is 77.8 Å². The third-order valence-electron chi connectivity index (χ3n) is 6.64. The van der Waals surface area contributed by atoms with Crippen LogP contribution in [0, 0.1) is 18.3 Å². The second-order valence-corrected chi connectivity index (χ2v) is 10.3. The summed E-state index contributed by atoms with van der Waals surface area (Å²) < 4.78 is 1.17. The molecular formula is C30H28N4OS. The number of amides is 1. The van der Waals surface area contributed by atoms with Crippen LogP contribution in [0.5, 0.6) is 0 Å². The molecule has 3 aromatic carbocycles. The standard InChI is InChI=1S/C30H28N4OS/c1-19-7-14-27-28(15-19)36-30(34-27)22-10-12-26(13-11-22)32-18-25(17-31)29(35)33-20(2)23-9-8-21-5-3-4-6-24(21)16-23/h7-16,18,20,32H,3-6H2,1-2H3,(H,33,35)/b25-18-. The predicted molar refractivity (Wildman–Crippen MR) is 147 cm³/mol. The molecule has 6 heteroatoms. The van der Waals surface area contributed by atoms with Gasteiger partial charge in [-0.05, 0) is 98.2 Å². The van der Waals surface area contributed by atoms with Crippen LogP contribution in [0.4, 0.5) is 5.69 Å². The van der Waals surface area contributed by atoms with Crippen molar-refractivity contribution in [3.05, 3.63) is 94.7 Å². The number of aromatic nitrogens is 1. The predicted octanol–water partition coefficient (Wildman–Crippen LogP) is 6.85. The highest BCUT2D eigenvalue weighted by atomic mass is 32.1. The second kappa shape index (κ2) is 10.3. The minimum atomic E-state index is -0.392. The van der Waals surface area contributed by atoms with Crippen LogP contribution in [0.2, 0.25) is 0 Å². The van der Waals surface area contributed by atoms with Gasteiger partial charge < -0.3 is 10.6 Å². The first-order valence-electron chi connectivity index (χ1n) is 12.3. The summed E-state index contributed by atoms with van der Waals surface area (Å²) in [5.74, 6) is -0.392. The molecule has 0 bridgehead atoms. The number of anilines is 1. The number of fused-ring (bicyclic) bond motifs is 2. The molecule has 0 spiro atoms. The summed E-state index contributed by atoms with van der Waals surface area (Å²) in [6.45, 7) is 4.03. The molecule has 5 nitrogen and oxygen atoms in total. The van der Waals surface area contributed by atoms with Crippen LogP contribution in [0.1, 0.15) is 48.1 Å². The van der Waals surface area contributed by atoms with Crippen LogP contribution in [-0.2, 0) is 17.6 Å². The summed E-state index contributed by atoms with van der Waals surface area (Å²) in [5, 5.41) is 16.6. The molecule has 1 amide bonds. The Hall–Kier alpha value is -3.95. The maximum atomic E-state index is 12.8. The fraction of sp³-hybridized carbons (Fsp3) is 0.233. The molecule has 0 fully saturated rings. The molecule has 0 radical (unpaired) electrons. The first-order valence-corrected chi connectivity index (χ1v) is 13.1. The van der Waals surface area contributed by atoms with E-state index in [1.54, 1.807) is 11.3 Å². The van der Waals surface area contributed by atoms with Crippen molar-refractivity contribution in [1.82, 2.24) is 10.3 Å². The Morgan fingerprint density at radius 3 is 2.61 bits per heavy atom. The number of rotatable bonds is 6. The number of aryl methyl sites for hydroxylation is 3. The van der Waals surface area contributed by atoms with Crippen molar-refractivity contribution in [2.75, 3.05) is 5.32 Å². The largest absolute Gasteiger partial charge is 0.360 e. The van der Waals surface area contributed by atoms with Crippen molar-refractivity contribution in [3.8, 4) is 16.6 Å². The van der Waals surface area contributed by atoms with Crippen LogP contribution in [0.3, 0.4) is 0 Å². The molecule has 36 heavy (non-hydrogen) atoms. The molecule has 1 aliphatic carbocycles. The highest BCUT2D eigenvalue weighted by Gasteiger charge is 2.16. The quantitative estimate of drug-likeness (QED) is 0.228. The number of nitrogens with one attached hydrogen (secondary N) is 2.